The predicted molar refractivity (Wildman–Crippen MR) is 54.4 cm³/mol. The molecule has 1 N–H and O–H groups in total. The molecule has 0 radical (unpaired) electrons. The maximum Gasteiger partial charge on any atom is 0.179 e. The smallest absolute Gasteiger partial charge is 0.179 e. The highest BCUT2D eigenvalue weighted by molar-refractivity contribution is 6.31. The molecule has 1 aromatic rings. The van der Waals surface area contributed by atoms with Crippen LogP contribution < -0.4 is 5.32 Å². The molecular formula is C10H11ClFNO. The summed E-state index contributed by atoms with van der Waals surface area (Å²) in [5, 5.41) is 2.66. The third-order valence-electron chi connectivity index (χ3n) is 1.92. The summed E-state index contributed by atoms with van der Waals surface area (Å²) < 4.78 is 13.5. The highest BCUT2D eigenvalue weighted by Crippen LogP contribution is 2.21. The minimum atomic E-state index is -0.632. The molecule has 0 bridgehead atoms. The fraction of sp³-hybridized carbons (Fsp3) is 0.300. The molecule has 76 valence electrons. The van der Waals surface area contributed by atoms with Gasteiger partial charge < -0.3 is 5.32 Å². The van der Waals surface area contributed by atoms with Crippen molar-refractivity contribution in [3.8, 4) is 0 Å². The Kier molecular flexibility index (Phi) is 3.61. The quantitative estimate of drug-likeness (QED) is 0.784. The van der Waals surface area contributed by atoms with Crippen molar-refractivity contribution in [2.75, 3.05) is 13.6 Å². The third-order valence-corrected chi connectivity index (χ3v) is 2.21. The van der Waals surface area contributed by atoms with Gasteiger partial charge in [0.2, 0.25) is 0 Å². The Balaban J connectivity index is 3.18. The van der Waals surface area contributed by atoms with Crippen molar-refractivity contribution >= 4 is 17.4 Å². The zero-order valence-electron chi connectivity index (χ0n) is 8.03. The molecule has 4 heteroatoms. The average molecular weight is 216 g/mol. The number of ketones is 1. The second-order valence-corrected chi connectivity index (χ2v) is 3.41. The number of carbonyl (C=O) groups is 1. The zero-order chi connectivity index (χ0) is 10.7. The fourth-order valence-corrected chi connectivity index (χ4v) is 1.40. The van der Waals surface area contributed by atoms with Crippen molar-refractivity contribution in [2.45, 2.75) is 6.92 Å². The largest absolute Gasteiger partial charge is 0.313 e. The highest BCUT2D eigenvalue weighted by Gasteiger charge is 2.16. The number of Topliss-reactive ketones (excluding diaryl/α,β-unsaturated/α-hetero) is 1. The molecule has 0 fully saturated rings. The van der Waals surface area contributed by atoms with Crippen LogP contribution in [0, 0.1) is 12.7 Å². The van der Waals surface area contributed by atoms with Gasteiger partial charge in [-0.3, -0.25) is 4.79 Å². The van der Waals surface area contributed by atoms with Crippen LogP contribution in [-0.2, 0) is 0 Å². The van der Waals surface area contributed by atoms with E-state index in [1.165, 1.54) is 6.07 Å². The lowest BCUT2D eigenvalue weighted by Gasteiger charge is -2.06. The van der Waals surface area contributed by atoms with Crippen LogP contribution in [0.2, 0.25) is 5.02 Å². The van der Waals surface area contributed by atoms with E-state index >= 15 is 0 Å². The number of hydrogen-bond donors (Lipinski definition) is 1. The van der Waals surface area contributed by atoms with E-state index in [0.717, 1.165) is 0 Å². The lowest BCUT2D eigenvalue weighted by Crippen LogP contribution is -2.20. The second-order valence-electron chi connectivity index (χ2n) is 3.01. The van der Waals surface area contributed by atoms with Crippen LogP contribution in [-0.4, -0.2) is 19.4 Å². The summed E-state index contributed by atoms with van der Waals surface area (Å²) in [4.78, 5) is 11.5. The van der Waals surface area contributed by atoms with Crippen molar-refractivity contribution in [3.63, 3.8) is 0 Å². The molecule has 0 atom stereocenters. The number of hydrogen-bond acceptors (Lipinski definition) is 2. The molecule has 14 heavy (non-hydrogen) atoms. The summed E-state index contributed by atoms with van der Waals surface area (Å²) >= 11 is 5.58. The van der Waals surface area contributed by atoms with Gasteiger partial charge in [-0.25, -0.2) is 4.39 Å². The van der Waals surface area contributed by atoms with Gasteiger partial charge in [-0.15, -0.1) is 0 Å². The monoisotopic (exact) mass is 215 g/mol. The van der Waals surface area contributed by atoms with Gasteiger partial charge in [0.25, 0.3) is 0 Å². The van der Waals surface area contributed by atoms with Crippen LogP contribution in [0.25, 0.3) is 0 Å². The number of halogens is 2. The van der Waals surface area contributed by atoms with Gasteiger partial charge in [-0.05, 0) is 25.6 Å². The summed E-state index contributed by atoms with van der Waals surface area (Å²) in [6.07, 6.45) is 0. The Morgan fingerprint density at radius 2 is 2.21 bits per heavy atom. The molecule has 0 amide bonds. The van der Waals surface area contributed by atoms with Crippen LogP contribution in [0.5, 0.6) is 0 Å². The fourth-order valence-electron chi connectivity index (χ4n) is 1.24. The SMILES string of the molecule is CNCC(=O)c1c(C)ccc(Cl)c1F. The van der Waals surface area contributed by atoms with E-state index in [0.29, 0.717) is 5.56 Å². The number of aryl methyl sites for hydroxylation is 1. The van der Waals surface area contributed by atoms with E-state index in [-0.39, 0.29) is 22.9 Å². The number of benzene rings is 1. The Morgan fingerprint density at radius 3 is 2.79 bits per heavy atom. The van der Waals surface area contributed by atoms with E-state index in [4.69, 9.17) is 11.6 Å². The Bertz CT molecular complexity index is 365. The maximum atomic E-state index is 13.5. The van der Waals surface area contributed by atoms with E-state index < -0.39 is 5.82 Å². The third kappa shape index (κ3) is 2.11. The number of nitrogens with one attached hydrogen (secondary N) is 1. The lowest BCUT2D eigenvalue weighted by molar-refractivity contribution is 0.0989. The molecule has 0 aliphatic rings. The standard InChI is InChI=1S/C10H11ClFNO/c1-6-3-4-7(11)10(12)9(6)8(14)5-13-2/h3-4,13H,5H2,1-2H3. The second kappa shape index (κ2) is 4.53. The Labute approximate surface area is 87.1 Å². The highest BCUT2D eigenvalue weighted by atomic mass is 35.5. The molecule has 0 aliphatic carbocycles. The van der Waals surface area contributed by atoms with Crippen LogP contribution in [0.15, 0.2) is 12.1 Å². The molecule has 2 nitrogen and oxygen atoms in total. The normalized spacial score (nSPS) is 10.3. The summed E-state index contributed by atoms with van der Waals surface area (Å²) in [6.45, 7) is 1.79. The molecule has 0 saturated carbocycles. The number of carbonyl (C=O) groups excluding carboxylic acids is 1. The summed E-state index contributed by atoms with van der Waals surface area (Å²) in [7, 11) is 1.63. The summed E-state index contributed by atoms with van der Waals surface area (Å²) in [5.74, 6) is -0.920. The molecule has 0 aliphatic heterocycles. The molecule has 1 aromatic carbocycles. The van der Waals surface area contributed by atoms with Crippen molar-refractivity contribution < 1.29 is 9.18 Å². The van der Waals surface area contributed by atoms with Gasteiger partial charge in [-0.1, -0.05) is 17.7 Å². The van der Waals surface area contributed by atoms with Gasteiger partial charge in [0, 0.05) is 0 Å². The number of likely N-dealkylation sites (N-methyl/N-ethyl adjacent to an activating group) is 1. The van der Waals surface area contributed by atoms with Gasteiger partial charge in [0.05, 0.1) is 17.1 Å². The van der Waals surface area contributed by atoms with Gasteiger partial charge in [-0.2, -0.15) is 0 Å². The maximum absolute atomic E-state index is 13.5. The first-order valence-electron chi connectivity index (χ1n) is 4.20. The first-order valence-corrected chi connectivity index (χ1v) is 4.58. The van der Waals surface area contributed by atoms with Gasteiger partial charge in [0.15, 0.2) is 11.6 Å². The van der Waals surface area contributed by atoms with Crippen LogP contribution in [0.1, 0.15) is 15.9 Å². The number of rotatable bonds is 3. The van der Waals surface area contributed by atoms with Crippen molar-refractivity contribution in [2.24, 2.45) is 0 Å². The van der Waals surface area contributed by atoms with Crippen molar-refractivity contribution in [3.05, 3.63) is 34.1 Å². The van der Waals surface area contributed by atoms with Crippen LogP contribution in [0.4, 0.5) is 4.39 Å². The molecule has 0 heterocycles. The molecular weight excluding hydrogens is 205 g/mol. The predicted octanol–water partition coefficient (Wildman–Crippen LogP) is 2.19. The first-order chi connectivity index (χ1) is 6.57. The average Bonchev–Trinajstić information content (AvgIpc) is 2.13. The van der Waals surface area contributed by atoms with E-state index in [9.17, 15) is 9.18 Å². The molecule has 0 unspecified atom stereocenters. The Hall–Kier alpha value is -0.930. The van der Waals surface area contributed by atoms with E-state index in [2.05, 4.69) is 5.32 Å². The lowest BCUT2D eigenvalue weighted by atomic mass is 10.0. The first kappa shape index (κ1) is 11.1. The minimum absolute atomic E-state index is 0.0185. The zero-order valence-corrected chi connectivity index (χ0v) is 8.78. The van der Waals surface area contributed by atoms with Crippen molar-refractivity contribution in [1.82, 2.24) is 5.32 Å². The topological polar surface area (TPSA) is 29.1 Å². The van der Waals surface area contributed by atoms with Crippen LogP contribution in [0.3, 0.4) is 0 Å². The van der Waals surface area contributed by atoms with E-state index in [1.807, 2.05) is 0 Å². The van der Waals surface area contributed by atoms with Crippen LogP contribution >= 0.6 is 11.6 Å². The summed E-state index contributed by atoms with van der Waals surface area (Å²) in [5.41, 5.74) is 0.680. The summed E-state index contributed by atoms with van der Waals surface area (Å²) in [6, 6.07) is 3.08. The van der Waals surface area contributed by atoms with E-state index in [1.54, 1.807) is 20.0 Å². The molecule has 0 spiro atoms. The van der Waals surface area contributed by atoms with Gasteiger partial charge in [0.1, 0.15) is 0 Å². The molecule has 0 saturated heterocycles. The molecule has 0 aromatic heterocycles. The Morgan fingerprint density at radius 1 is 1.57 bits per heavy atom. The van der Waals surface area contributed by atoms with Crippen molar-refractivity contribution in [1.29, 1.82) is 0 Å². The van der Waals surface area contributed by atoms with Gasteiger partial charge >= 0.3 is 0 Å². The molecule has 1 rings (SSSR count). The minimum Gasteiger partial charge on any atom is -0.313 e.